The van der Waals surface area contributed by atoms with Crippen LogP contribution < -0.4 is 10.0 Å². The molecule has 0 aliphatic heterocycles. The van der Waals surface area contributed by atoms with Gasteiger partial charge >= 0.3 is 0 Å². The first-order chi connectivity index (χ1) is 19.8. The van der Waals surface area contributed by atoms with Gasteiger partial charge in [-0.3, -0.25) is 9.59 Å². The molecule has 4 rings (SSSR count). The molecule has 0 saturated heterocycles. The predicted molar refractivity (Wildman–Crippen MR) is 152 cm³/mol. The maximum Gasteiger partial charge on any atom is 0.247 e. The minimum Gasteiger partial charge on any atom is -0.467 e. The number of aryl methyl sites for hydroxylation is 1. The Balaban J connectivity index is 1.59. The van der Waals surface area contributed by atoms with Gasteiger partial charge in [0.15, 0.2) is 0 Å². The van der Waals surface area contributed by atoms with E-state index >= 15 is 0 Å². The van der Waals surface area contributed by atoms with Crippen LogP contribution in [0.1, 0.15) is 41.8 Å². The van der Waals surface area contributed by atoms with Gasteiger partial charge < -0.3 is 14.6 Å². The number of furan rings is 1. The Kier molecular flexibility index (Phi) is 10.0. The van der Waals surface area contributed by atoms with Crippen molar-refractivity contribution in [2.24, 2.45) is 0 Å². The lowest BCUT2D eigenvalue weighted by Crippen LogP contribution is -2.43. The molecule has 4 aromatic rings. The normalized spacial score (nSPS) is 12.0. The van der Waals surface area contributed by atoms with Crippen LogP contribution in [-0.2, 0) is 39.1 Å². The molecular formula is C31H32FN3O5S. The molecular weight excluding hydrogens is 545 g/mol. The zero-order chi connectivity index (χ0) is 29.2. The van der Waals surface area contributed by atoms with Crippen molar-refractivity contribution >= 4 is 21.8 Å². The van der Waals surface area contributed by atoms with E-state index in [-0.39, 0.29) is 42.8 Å². The Morgan fingerprint density at radius 1 is 0.902 bits per heavy atom. The van der Waals surface area contributed by atoms with Gasteiger partial charge in [-0.1, -0.05) is 61.5 Å². The van der Waals surface area contributed by atoms with Crippen LogP contribution in [0.3, 0.4) is 0 Å². The Morgan fingerprint density at radius 2 is 1.59 bits per heavy atom. The number of nitrogens with one attached hydrogen (secondary N) is 2. The molecule has 8 nitrogen and oxygen atoms in total. The summed E-state index contributed by atoms with van der Waals surface area (Å²) in [6.07, 6.45) is 1.91. The van der Waals surface area contributed by atoms with Crippen molar-refractivity contribution in [1.29, 1.82) is 0 Å². The highest BCUT2D eigenvalue weighted by Gasteiger charge is 2.31. The van der Waals surface area contributed by atoms with E-state index in [1.165, 1.54) is 35.4 Å². The number of amides is 2. The minimum atomic E-state index is -3.59. The van der Waals surface area contributed by atoms with Gasteiger partial charge in [0.2, 0.25) is 21.8 Å². The second-order valence-corrected chi connectivity index (χ2v) is 11.2. The fourth-order valence-corrected chi connectivity index (χ4v) is 5.45. The Morgan fingerprint density at radius 3 is 2.22 bits per heavy atom. The van der Waals surface area contributed by atoms with E-state index in [1.807, 2.05) is 6.07 Å². The zero-order valence-corrected chi connectivity index (χ0v) is 23.4. The van der Waals surface area contributed by atoms with Crippen LogP contribution in [0.15, 0.2) is 107 Å². The molecule has 2 amide bonds. The van der Waals surface area contributed by atoms with Crippen molar-refractivity contribution < 1.29 is 26.8 Å². The second-order valence-electron chi connectivity index (χ2n) is 9.40. The van der Waals surface area contributed by atoms with E-state index in [0.29, 0.717) is 23.3 Å². The SMILES string of the molecule is CCNS(=O)(=O)c1ccc(CCC(=O)N(Cc2ccc(F)cc2)C(C(=O)NCc2ccco2)c2ccccc2)cc1. The Hall–Kier alpha value is -4.28. The van der Waals surface area contributed by atoms with Gasteiger partial charge in [0.05, 0.1) is 17.7 Å². The van der Waals surface area contributed by atoms with Crippen LogP contribution in [0.5, 0.6) is 0 Å². The highest BCUT2D eigenvalue weighted by molar-refractivity contribution is 7.89. The highest BCUT2D eigenvalue weighted by Crippen LogP contribution is 2.26. The quantitative estimate of drug-likeness (QED) is 0.239. The van der Waals surface area contributed by atoms with E-state index in [4.69, 9.17) is 4.42 Å². The van der Waals surface area contributed by atoms with Crippen LogP contribution in [0.25, 0.3) is 0 Å². The van der Waals surface area contributed by atoms with Crippen molar-refractivity contribution in [2.45, 2.75) is 43.8 Å². The molecule has 0 fully saturated rings. The van der Waals surface area contributed by atoms with Crippen molar-refractivity contribution in [3.8, 4) is 0 Å². The Labute approximate surface area is 239 Å². The predicted octanol–water partition coefficient (Wildman–Crippen LogP) is 4.74. The summed E-state index contributed by atoms with van der Waals surface area (Å²) in [7, 11) is -3.59. The molecule has 0 aliphatic rings. The maximum atomic E-state index is 13.8. The summed E-state index contributed by atoms with van der Waals surface area (Å²) in [5.74, 6) is -0.509. The largest absolute Gasteiger partial charge is 0.467 e. The second kappa shape index (κ2) is 13.9. The molecule has 2 N–H and O–H groups in total. The monoisotopic (exact) mass is 577 g/mol. The number of sulfonamides is 1. The van der Waals surface area contributed by atoms with Crippen LogP contribution >= 0.6 is 0 Å². The first kappa shape index (κ1) is 29.7. The van der Waals surface area contributed by atoms with E-state index in [2.05, 4.69) is 10.0 Å². The van der Waals surface area contributed by atoms with Crippen LogP contribution in [0.2, 0.25) is 0 Å². The molecule has 0 radical (unpaired) electrons. The molecule has 1 aromatic heterocycles. The van der Waals surface area contributed by atoms with E-state index in [1.54, 1.807) is 67.6 Å². The minimum absolute atomic E-state index is 0.0648. The number of rotatable bonds is 13. The molecule has 1 heterocycles. The van der Waals surface area contributed by atoms with Crippen molar-refractivity contribution in [3.05, 3.63) is 126 Å². The summed E-state index contributed by atoms with van der Waals surface area (Å²) in [6, 6.07) is 23.6. The third kappa shape index (κ3) is 8.12. The smallest absolute Gasteiger partial charge is 0.247 e. The molecule has 3 aromatic carbocycles. The van der Waals surface area contributed by atoms with Gasteiger partial charge in [0, 0.05) is 19.5 Å². The molecule has 10 heteroatoms. The lowest BCUT2D eigenvalue weighted by molar-refractivity contribution is -0.141. The molecule has 0 spiro atoms. The molecule has 0 aliphatic carbocycles. The number of carbonyl (C=O) groups is 2. The highest BCUT2D eigenvalue weighted by atomic mass is 32.2. The number of hydrogen-bond acceptors (Lipinski definition) is 5. The summed E-state index contributed by atoms with van der Waals surface area (Å²) < 4.78 is 45.9. The molecule has 214 valence electrons. The first-order valence-corrected chi connectivity index (χ1v) is 14.7. The average Bonchev–Trinajstić information content (AvgIpc) is 3.50. The lowest BCUT2D eigenvalue weighted by Gasteiger charge is -2.31. The fraction of sp³-hybridized carbons (Fsp3) is 0.226. The van der Waals surface area contributed by atoms with Crippen LogP contribution in [0, 0.1) is 5.82 Å². The van der Waals surface area contributed by atoms with E-state index in [0.717, 1.165) is 5.56 Å². The number of nitrogens with zero attached hydrogens (tertiary/aromatic N) is 1. The van der Waals surface area contributed by atoms with Crippen LogP contribution in [-0.4, -0.2) is 31.7 Å². The van der Waals surface area contributed by atoms with Crippen molar-refractivity contribution in [2.75, 3.05) is 6.54 Å². The summed E-state index contributed by atoms with van der Waals surface area (Å²) in [4.78, 5) is 29.1. The van der Waals surface area contributed by atoms with Gasteiger partial charge in [0.25, 0.3) is 0 Å². The Bertz CT molecular complexity index is 1530. The molecule has 0 bridgehead atoms. The van der Waals surface area contributed by atoms with Gasteiger partial charge in [-0.05, 0) is 59.5 Å². The summed E-state index contributed by atoms with van der Waals surface area (Å²) in [5, 5.41) is 2.87. The molecule has 1 atom stereocenters. The maximum absolute atomic E-state index is 13.8. The van der Waals surface area contributed by atoms with Gasteiger partial charge in [-0.15, -0.1) is 0 Å². The molecule has 1 unspecified atom stereocenters. The standard InChI is InChI=1S/C31H32FN3O5S/c1-2-34-41(38,39)28-17-12-23(13-18-28)14-19-29(36)35(22-24-10-15-26(32)16-11-24)30(25-7-4-3-5-8-25)31(37)33-21-27-9-6-20-40-27/h3-13,15-18,20,30,34H,2,14,19,21-22H2,1H3,(H,33,37). The summed E-state index contributed by atoms with van der Waals surface area (Å²) >= 11 is 0. The number of halogens is 1. The topological polar surface area (TPSA) is 109 Å². The third-order valence-electron chi connectivity index (χ3n) is 6.47. The van der Waals surface area contributed by atoms with Gasteiger partial charge in [-0.2, -0.15) is 0 Å². The number of carbonyl (C=O) groups excluding carboxylic acids is 2. The average molecular weight is 578 g/mol. The van der Waals surface area contributed by atoms with Crippen molar-refractivity contribution in [3.63, 3.8) is 0 Å². The van der Waals surface area contributed by atoms with E-state index in [9.17, 15) is 22.4 Å². The fourth-order valence-electron chi connectivity index (χ4n) is 4.41. The van der Waals surface area contributed by atoms with E-state index < -0.39 is 21.9 Å². The number of hydrogen-bond donors (Lipinski definition) is 2. The molecule has 0 saturated carbocycles. The van der Waals surface area contributed by atoms with Crippen molar-refractivity contribution in [1.82, 2.24) is 14.9 Å². The third-order valence-corrected chi connectivity index (χ3v) is 8.04. The molecule has 41 heavy (non-hydrogen) atoms. The summed E-state index contributed by atoms with van der Waals surface area (Å²) in [6.45, 7) is 2.21. The van der Waals surface area contributed by atoms with Gasteiger partial charge in [-0.25, -0.2) is 17.5 Å². The summed E-state index contributed by atoms with van der Waals surface area (Å²) in [5.41, 5.74) is 2.06. The number of benzene rings is 3. The van der Waals surface area contributed by atoms with Crippen LogP contribution in [0.4, 0.5) is 4.39 Å². The van der Waals surface area contributed by atoms with Gasteiger partial charge in [0.1, 0.15) is 17.6 Å². The first-order valence-electron chi connectivity index (χ1n) is 13.2. The lowest BCUT2D eigenvalue weighted by atomic mass is 10.0. The zero-order valence-electron chi connectivity index (χ0n) is 22.6.